The molecular weight excluding hydrogens is 581 g/mol. The van der Waals surface area contributed by atoms with Gasteiger partial charge >= 0.3 is 0 Å². The zero-order valence-electron chi connectivity index (χ0n) is 27.3. The number of imidazole rings is 1. The average Bonchev–Trinajstić information content (AvgIpc) is 3.54. The fraction of sp³-hybridized carbons (Fsp3) is 0.0652. The van der Waals surface area contributed by atoms with Gasteiger partial charge < -0.3 is 0 Å². The van der Waals surface area contributed by atoms with E-state index in [0.29, 0.717) is 0 Å². The van der Waals surface area contributed by atoms with E-state index in [-0.39, 0.29) is 0 Å². The maximum absolute atomic E-state index is 5.09. The molecule has 0 saturated heterocycles. The van der Waals surface area contributed by atoms with Crippen LogP contribution in [0, 0.1) is 0 Å². The summed E-state index contributed by atoms with van der Waals surface area (Å²) in [7, 11) is 0. The van der Waals surface area contributed by atoms with Gasteiger partial charge in [-0.3, -0.25) is 4.57 Å². The van der Waals surface area contributed by atoms with Gasteiger partial charge in [0.05, 0.1) is 11.0 Å². The molecule has 8 rings (SSSR count). The first kappa shape index (κ1) is 29.4. The topological polar surface area (TPSA) is 17.8 Å². The van der Waals surface area contributed by atoms with Crippen LogP contribution in [0.15, 0.2) is 170 Å². The van der Waals surface area contributed by atoms with Crippen LogP contribution in [-0.4, -0.2) is 9.55 Å². The van der Waals surface area contributed by atoms with E-state index in [4.69, 9.17) is 4.98 Å². The minimum atomic E-state index is 0.949. The van der Waals surface area contributed by atoms with Crippen molar-refractivity contribution in [3.63, 3.8) is 0 Å². The molecule has 0 aliphatic rings. The third-order valence-corrected chi connectivity index (χ3v) is 9.25. The van der Waals surface area contributed by atoms with Gasteiger partial charge in [-0.25, -0.2) is 4.98 Å². The van der Waals surface area contributed by atoms with Crippen molar-refractivity contribution < 1.29 is 0 Å². The second-order valence-corrected chi connectivity index (χ2v) is 12.3. The summed E-state index contributed by atoms with van der Waals surface area (Å²) in [6.45, 7) is 4.31. The lowest BCUT2D eigenvalue weighted by atomic mass is 9.85. The summed E-state index contributed by atoms with van der Waals surface area (Å²) in [5.41, 5.74) is 11.7. The third-order valence-electron chi connectivity index (χ3n) is 9.25. The van der Waals surface area contributed by atoms with E-state index < -0.39 is 0 Å². The Morgan fingerprint density at radius 3 is 1.75 bits per heavy atom. The van der Waals surface area contributed by atoms with E-state index in [0.717, 1.165) is 34.5 Å². The molecule has 2 nitrogen and oxygen atoms in total. The number of hydrogen-bond acceptors (Lipinski definition) is 1. The predicted octanol–water partition coefficient (Wildman–Crippen LogP) is 12.8. The molecule has 0 fully saturated rings. The Morgan fingerprint density at radius 1 is 0.542 bits per heavy atom. The molecule has 230 valence electrons. The van der Waals surface area contributed by atoms with E-state index in [9.17, 15) is 0 Å². The standard InChI is InChI=1S/C46H36N2/c1-3-4-7-16-32(2)48-43-24-15-14-23-42(43)47-46(48)36-27-25-33(26-28-36)37-29-30-40-41(31-37)45(35-19-10-6-11-20-35)39-22-13-12-21-38(39)44(40)34-17-8-5-9-18-34/h4-31H,3H2,1-2H3/b7-4-,32-16+. The number of aromatic nitrogens is 2. The number of allylic oxidation sites excluding steroid dienone is 4. The number of hydrogen-bond donors (Lipinski definition) is 0. The number of rotatable bonds is 7. The van der Waals surface area contributed by atoms with Crippen LogP contribution < -0.4 is 0 Å². The molecule has 2 heteroatoms. The fourth-order valence-corrected chi connectivity index (χ4v) is 7.00. The van der Waals surface area contributed by atoms with E-state index in [1.807, 2.05) is 0 Å². The van der Waals surface area contributed by atoms with Crippen molar-refractivity contribution in [2.75, 3.05) is 0 Å². The van der Waals surface area contributed by atoms with Crippen molar-refractivity contribution in [2.24, 2.45) is 0 Å². The van der Waals surface area contributed by atoms with Crippen molar-refractivity contribution in [3.8, 4) is 44.8 Å². The summed E-state index contributed by atoms with van der Waals surface area (Å²) in [5, 5.41) is 5.04. The van der Waals surface area contributed by atoms with Gasteiger partial charge in [-0.05, 0) is 92.5 Å². The molecule has 7 aromatic carbocycles. The number of para-hydroxylation sites is 2. The highest BCUT2D eigenvalue weighted by atomic mass is 15.1. The lowest BCUT2D eigenvalue weighted by Crippen LogP contribution is -1.97. The van der Waals surface area contributed by atoms with E-state index in [1.54, 1.807) is 0 Å². The molecule has 0 spiro atoms. The molecule has 1 aromatic heterocycles. The fourth-order valence-electron chi connectivity index (χ4n) is 7.00. The van der Waals surface area contributed by atoms with Gasteiger partial charge in [0.15, 0.2) is 0 Å². The molecule has 8 aromatic rings. The smallest absolute Gasteiger partial charge is 0.145 e. The van der Waals surface area contributed by atoms with Gasteiger partial charge in [0, 0.05) is 11.3 Å². The minimum Gasteiger partial charge on any atom is -0.296 e. The highest BCUT2D eigenvalue weighted by molar-refractivity contribution is 6.22. The predicted molar refractivity (Wildman–Crippen MR) is 206 cm³/mol. The zero-order valence-corrected chi connectivity index (χ0v) is 27.3. The number of benzene rings is 7. The Balaban J connectivity index is 1.30. The highest BCUT2D eigenvalue weighted by Gasteiger charge is 2.18. The number of nitrogens with zero attached hydrogens (tertiary/aromatic N) is 2. The first-order valence-electron chi connectivity index (χ1n) is 16.7. The Morgan fingerprint density at radius 2 is 1.08 bits per heavy atom. The van der Waals surface area contributed by atoms with E-state index in [1.165, 1.54) is 54.9 Å². The van der Waals surface area contributed by atoms with Gasteiger partial charge in [0.1, 0.15) is 5.82 Å². The van der Waals surface area contributed by atoms with Crippen molar-refractivity contribution in [1.29, 1.82) is 0 Å². The van der Waals surface area contributed by atoms with Crippen LogP contribution in [0.5, 0.6) is 0 Å². The number of fused-ring (bicyclic) bond motifs is 3. The molecule has 1 heterocycles. The van der Waals surface area contributed by atoms with E-state index in [2.05, 4.69) is 188 Å². The second-order valence-electron chi connectivity index (χ2n) is 12.3. The molecule has 0 unspecified atom stereocenters. The lowest BCUT2D eigenvalue weighted by Gasteiger charge is -2.18. The van der Waals surface area contributed by atoms with E-state index >= 15 is 0 Å². The molecule has 0 saturated carbocycles. The second kappa shape index (κ2) is 12.7. The van der Waals surface area contributed by atoms with Gasteiger partial charge in [-0.2, -0.15) is 0 Å². The Bertz CT molecular complexity index is 2460. The maximum atomic E-state index is 5.09. The summed E-state index contributed by atoms with van der Waals surface area (Å²) >= 11 is 0. The third kappa shape index (κ3) is 5.22. The van der Waals surface area contributed by atoms with Crippen LogP contribution in [0.3, 0.4) is 0 Å². The monoisotopic (exact) mass is 616 g/mol. The normalized spacial score (nSPS) is 12.1. The molecule has 0 N–H and O–H groups in total. The van der Waals surface area contributed by atoms with Crippen molar-refractivity contribution in [2.45, 2.75) is 20.3 Å². The molecular formula is C46H36N2. The largest absolute Gasteiger partial charge is 0.296 e. The molecule has 0 bridgehead atoms. The summed E-state index contributed by atoms with van der Waals surface area (Å²) < 4.78 is 2.27. The Hall–Kier alpha value is -5.99. The van der Waals surface area contributed by atoms with Crippen LogP contribution >= 0.6 is 0 Å². The molecule has 0 radical (unpaired) electrons. The molecule has 0 aliphatic carbocycles. The molecule has 0 aliphatic heterocycles. The van der Waals surface area contributed by atoms with Crippen LogP contribution in [0.2, 0.25) is 0 Å². The van der Waals surface area contributed by atoms with Crippen LogP contribution in [-0.2, 0) is 0 Å². The van der Waals surface area contributed by atoms with Gasteiger partial charge in [-0.1, -0.05) is 153 Å². The SMILES string of the molecule is CC/C=C\C=C(/C)n1c(-c2ccc(-c3ccc4c(-c5ccccc5)c5ccccc5c(-c5ccccc5)c4c3)cc2)nc2ccccc21. The Labute approximate surface area is 282 Å². The quantitative estimate of drug-likeness (QED) is 0.129. The zero-order chi connectivity index (χ0) is 32.5. The van der Waals surface area contributed by atoms with Crippen molar-refractivity contribution in [3.05, 3.63) is 170 Å². The van der Waals surface area contributed by atoms with Crippen molar-refractivity contribution in [1.82, 2.24) is 9.55 Å². The van der Waals surface area contributed by atoms with Gasteiger partial charge in [0.25, 0.3) is 0 Å². The molecule has 48 heavy (non-hydrogen) atoms. The van der Waals surface area contributed by atoms with Crippen LogP contribution in [0.4, 0.5) is 0 Å². The first-order chi connectivity index (χ1) is 23.7. The minimum absolute atomic E-state index is 0.949. The highest BCUT2D eigenvalue weighted by Crippen LogP contribution is 2.44. The summed E-state index contributed by atoms with van der Waals surface area (Å²) in [4.78, 5) is 5.09. The van der Waals surface area contributed by atoms with Crippen LogP contribution in [0.25, 0.3) is 83.0 Å². The summed E-state index contributed by atoms with van der Waals surface area (Å²) in [6, 6.07) is 54.7. The van der Waals surface area contributed by atoms with Gasteiger partial charge in [0.2, 0.25) is 0 Å². The van der Waals surface area contributed by atoms with Crippen LogP contribution in [0.1, 0.15) is 20.3 Å². The van der Waals surface area contributed by atoms with Crippen molar-refractivity contribution >= 4 is 38.3 Å². The lowest BCUT2D eigenvalue weighted by molar-refractivity contribution is 1.12. The average molecular weight is 617 g/mol. The summed E-state index contributed by atoms with van der Waals surface area (Å²) in [5.74, 6) is 0.949. The Kier molecular flexibility index (Phi) is 7.76. The molecule has 0 amide bonds. The maximum Gasteiger partial charge on any atom is 0.145 e. The van der Waals surface area contributed by atoms with Gasteiger partial charge in [-0.15, -0.1) is 0 Å². The first-order valence-corrected chi connectivity index (χ1v) is 16.7. The molecule has 0 atom stereocenters. The summed E-state index contributed by atoms with van der Waals surface area (Å²) in [6.07, 6.45) is 7.48.